The molecule has 2 aromatic carbocycles. The molecule has 0 unspecified atom stereocenters. The van der Waals surface area contributed by atoms with Gasteiger partial charge in [0.1, 0.15) is 23.0 Å². The van der Waals surface area contributed by atoms with Crippen LogP contribution in [0.15, 0.2) is 48.5 Å². The lowest BCUT2D eigenvalue weighted by molar-refractivity contribution is -0.274. The second-order valence-electron chi connectivity index (χ2n) is 6.01. The van der Waals surface area contributed by atoms with Crippen molar-refractivity contribution < 1.29 is 22.6 Å². The Hall–Kier alpha value is -3.16. The average Bonchev–Trinajstić information content (AvgIpc) is 3.24. The van der Waals surface area contributed by atoms with Gasteiger partial charge in [-0.1, -0.05) is 12.1 Å². The van der Waals surface area contributed by atoms with E-state index in [1.807, 2.05) is 24.3 Å². The number of ether oxygens (including phenoxy) is 2. The van der Waals surface area contributed by atoms with E-state index in [1.54, 1.807) is 23.9 Å². The van der Waals surface area contributed by atoms with E-state index in [4.69, 9.17) is 9.84 Å². The molecular weight excluding hydrogens is 359 g/mol. The highest BCUT2D eigenvalue weighted by Gasteiger charge is 2.31. The van der Waals surface area contributed by atoms with E-state index in [0.29, 0.717) is 11.4 Å². The molecule has 1 aliphatic heterocycles. The molecule has 3 aromatic rings. The van der Waals surface area contributed by atoms with Gasteiger partial charge in [0.05, 0.1) is 12.8 Å². The van der Waals surface area contributed by atoms with Crippen LogP contribution in [0.25, 0.3) is 16.9 Å². The number of benzene rings is 2. The van der Waals surface area contributed by atoms with Gasteiger partial charge < -0.3 is 14.8 Å². The van der Waals surface area contributed by atoms with Crippen LogP contribution in [0, 0.1) is 0 Å². The van der Waals surface area contributed by atoms with Crippen LogP contribution in [0.1, 0.15) is 5.56 Å². The molecule has 0 fully saturated rings. The minimum Gasteiger partial charge on any atom is -0.496 e. The van der Waals surface area contributed by atoms with Crippen LogP contribution in [0.5, 0.6) is 11.5 Å². The Bertz CT molecular complexity index is 965. The monoisotopic (exact) mass is 375 g/mol. The van der Waals surface area contributed by atoms with E-state index < -0.39 is 6.36 Å². The first kappa shape index (κ1) is 17.3. The van der Waals surface area contributed by atoms with Crippen molar-refractivity contribution >= 4 is 5.82 Å². The Morgan fingerprint density at radius 1 is 1.07 bits per heavy atom. The molecule has 5 nitrogen and oxygen atoms in total. The van der Waals surface area contributed by atoms with Crippen LogP contribution < -0.4 is 14.8 Å². The summed E-state index contributed by atoms with van der Waals surface area (Å²) in [6.45, 7) is 0.768. The molecular formula is C19H16F3N3O2. The number of para-hydroxylation sites is 1. The lowest BCUT2D eigenvalue weighted by atomic mass is 10.1. The van der Waals surface area contributed by atoms with Gasteiger partial charge in [-0.3, -0.25) is 0 Å². The molecule has 0 bridgehead atoms. The third-order valence-corrected chi connectivity index (χ3v) is 4.33. The summed E-state index contributed by atoms with van der Waals surface area (Å²) >= 11 is 0. The van der Waals surface area contributed by atoms with Crippen LogP contribution >= 0.6 is 0 Å². The van der Waals surface area contributed by atoms with Gasteiger partial charge in [0.15, 0.2) is 0 Å². The summed E-state index contributed by atoms with van der Waals surface area (Å²) in [5.74, 6) is 1.28. The molecule has 4 rings (SSSR count). The summed E-state index contributed by atoms with van der Waals surface area (Å²) in [6, 6.07) is 13.2. The van der Waals surface area contributed by atoms with E-state index in [0.717, 1.165) is 35.6 Å². The number of alkyl halides is 3. The van der Waals surface area contributed by atoms with Gasteiger partial charge in [0.2, 0.25) is 0 Å². The largest absolute Gasteiger partial charge is 0.573 e. The maximum atomic E-state index is 12.3. The minimum atomic E-state index is -4.72. The van der Waals surface area contributed by atoms with E-state index in [2.05, 4.69) is 10.1 Å². The first-order valence-corrected chi connectivity index (χ1v) is 8.31. The van der Waals surface area contributed by atoms with Crippen molar-refractivity contribution in [3.05, 3.63) is 54.1 Å². The zero-order valence-electron chi connectivity index (χ0n) is 14.4. The van der Waals surface area contributed by atoms with Gasteiger partial charge in [-0.2, -0.15) is 5.10 Å². The molecule has 1 N–H and O–H groups in total. The molecule has 0 radical (unpaired) electrons. The predicted octanol–water partition coefficient (Wildman–Crippen LogP) is 4.41. The normalized spacial score (nSPS) is 13.2. The number of nitrogens with one attached hydrogen (secondary N) is 1. The van der Waals surface area contributed by atoms with Crippen LogP contribution in [0.4, 0.5) is 19.0 Å². The highest BCUT2D eigenvalue weighted by Crippen LogP contribution is 2.38. The van der Waals surface area contributed by atoms with Gasteiger partial charge in [-0.25, -0.2) is 4.68 Å². The summed E-state index contributed by atoms with van der Waals surface area (Å²) in [7, 11) is 1.60. The molecule has 0 saturated heterocycles. The van der Waals surface area contributed by atoms with Crippen LogP contribution in [0.3, 0.4) is 0 Å². The van der Waals surface area contributed by atoms with Crippen molar-refractivity contribution in [1.29, 1.82) is 0 Å². The number of halogens is 3. The van der Waals surface area contributed by atoms with Crippen LogP contribution in [-0.2, 0) is 6.42 Å². The Balaban J connectivity index is 1.75. The minimum absolute atomic E-state index is 0.270. The highest BCUT2D eigenvalue weighted by molar-refractivity contribution is 5.76. The topological polar surface area (TPSA) is 48.3 Å². The van der Waals surface area contributed by atoms with Gasteiger partial charge >= 0.3 is 6.36 Å². The maximum Gasteiger partial charge on any atom is 0.573 e. The third kappa shape index (κ3) is 3.30. The Morgan fingerprint density at radius 3 is 2.52 bits per heavy atom. The molecule has 2 heterocycles. The number of fused-ring (bicyclic) bond motifs is 1. The standard InChI is InChI=1S/C19H16F3N3O2/c1-26-16-5-3-2-4-14(16)17-15-10-11-23-18(15)25(24-17)12-6-8-13(9-7-12)27-19(20,21)22/h2-9,23H,10-11H2,1H3. The number of hydrogen-bond acceptors (Lipinski definition) is 4. The Kier molecular flexibility index (Phi) is 4.18. The summed E-state index contributed by atoms with van der Waals surface area (Å²) in [5.41, 5.74) is 3.35. The number of methoxy groups -OCH3 is 1. The second kappa shape index (κ2) is 6.53. The number of aromatic nitrogens is 2. The van der Waals surface area contributed by atoms with E-state index >= 15 is 0 Å². The maximum absolute atomic E-state index is 12.3. The molecule has 1 aliphatic rings. The first-order chi connectivity index (χ1) is 13.0. The molecule has 0 spiro atoms. The Labute approximate surface area is 153 Å². The van der Waals surface area contributed by atoms with Crippen molar-refractivity contribution in [2.45, 2.75) is 12.8 Å². The van der Waals surface area contributed by atoms with Crippen molar-refractivity contribution in [3.63, 3.8) is 0 Å². The lowest BCUT2D eigenvalue weighted by Crippen LogP contribution is -2.17. The smallest absolute Gasteiger partial charge is 0.496 e. The summed E-state index contributed by atoms with van der Waals surface area (Å²) in [4.78, 5) is 0. The molecule has 1 aromatic heterocycles. The summed E-state index contributed by atoms with van der Waals surface area (Å²) in [6.07, 6.45) is -3.91. The van der Waals surface area contributed by atoms with Crippen molar-refractivity contribution in [1.82, 2.24) is 9.78 Å². The molecule has 140 valence electrons. The molecule has 0 saturated carbocycles. The lowest BCUT2D eigenvalue weighted by Gasteiger charge is -2.10. The summed E-state index contributed by atoms with van der Waals surface area (Å²) < 4.78 is 48.1. The third-order valence-electron chi connectivity index (χ3n) is 4.33. The number of hydrogen-bond donors (Lipinski definition) is 1. The van der Waals surface area contributed by atoms with Gasteiger partial charge in [-0.15, -0.1) is 13.2 Å². The molecule has 0 amide bonds. The van der Waals surface area contributed by atoms with Gasteiger partial charge in [0.25, 0.3) is 0 Å². The second-order valence-corrected chi connectivity index (χ2v) is 6.01. The molecule has 27 heavy (non-hydrogen) atoms. The van der Waals surface area contributed by atoms with E-state index in [9.17, 15) is 13.2 Å². The number of anilines is 1. The fraction of sp³-hybridized carbons (Fsp3) is 0.211. The molecule has 0 atom stereocenters. The number of rotatable bonds is 4. The van der Waals surface area contributed by atoms with Crippen LogP contribution in [0.2, 0.25) is 0 Å². The first-order valence-electron chi connectivity index (χ1n) is 8.31. The number of nitrogens with zero attached hydrogens (tertiary/aromatic N) is 2. The fourth-order valence-corrected chi connectivity index (χ4v) is 3.21. The highest BCUT2D eigenvalue weighted by atomic mass is 19.4. The van der Waals surface area contributed by atoms with E-state index in [-0.39, 0.29) is 5.75 Å². The van der Waals surface area contributed by atoms with E-state index in [1.165, 1.54) is 12.1 Å². The van der Waals surface area contributed by atoms with Gasteiger partial charge in [-0.05, 0) is 42.8 Å². The Morgan fingerprint density at radius 2 is 1.81 bits per heavy atom. The van der Waals surface area contributed by atoms with Crippen molar-refractivity contribution in [3.8, 4) is 28.4 Å². The predicted molar refractivity (Wildman–Crippen MR) is 94.4 cm³/mol. The average molecular weight is 375 g/mol. The zero-order chi connectivity index (χ0) is 19.0. The quantitative estimate of drug-likeness (QED) is 0.734. The van der Waals surface area contributed by atoms with Crippen molar-refractivity contribution in [2.75, 3.05) is 19.0 Å². The van der Waals surface area contributed by atoms with Crippen molar-refractivity contribution in [2.24, 2.45) is 0 Å². The molecule has 8 heteroatoms. The van der Waals surface area contributed by atoms with Crippen LogP contribution in [-0.4, -0.2) is 29.8 Å². The fourth-order valence-electron chi connectivity index (χ4n) is 3.21. The summed E-state index contributed by atoms with van der Waals surface area (Å²) in [5, 5.41) is 7.99. The van der Waals surface area contributed by atoms with Gasteiger partial charge in [0, 0.05) is 17.7 Å². The molecule has 0 aliphatic carbocycles. The zero-order valence-corrected chi connectivity index (χ0v) is 14.4. The SMILES string of the molecule is COc1ccccc1-c1nn(-c2ccc(OC(F)(F)F)cc2)c2c1CCN2.